The van der Waals surface area contributed by atoms with E-state index in [-0.39, 0.29) is 0 Å². The highest BCUT2D eigenvalue weighted by Crippen LogP contribution is 2.26. The molecule has 0 aromatic heterocycles. The minimum atomic E-state index is 0.763. The molecular formula is C12H16ClN. The number of hydrogen-bond donors (Lipinski definition) is 0. The molecule has 1 heterocycles. The summed E-state index contributed by atoms with van der Waals surface area (Å²) in [5.74, 6) is 0.763. The summed E-state index contributed by atoms with van der Waals surface area (Å²) in [6.07, 6.45) is 3.59. The summed E-state index contributed by atoms with van der Waals surface area (Å²) in [6.45, 7) is 2.29. The van der Waals surface area contributed by atoms with Crippen LogP contribution in [0.3, 0.4) is 0 Å². The van der Waals surface area contributed by atoms with Crippen LogP contribution in [0.1, 0.15) is 18.4 Å². The number of rotatable bonds is 3. The molecule has 0 bridgehead atoms. The molecular weight excluding hydrogens is 194 g/mol. The van der Waals surface area contributed by atoms with Gasteiger partial charge in [0, 0.05) is 24.7 Å². The fourth-order valence-corrected chi connectivity index (χ4v) is 2.21. The summed E-state index contributed by atoms with van der Waals surface area (Å²) in [5, 5.41) is 0. The Morgan fingerprint density at radius 3 is 3.00 bits per heavy atom. The van der Waals surface area contributed by atoms with E-state index in [2.05, 4.69) is 29.2 Å². The van der Waals surface area contributed by atoms with Crippen molar-refractivity contribution in [3.05, 3.63) is 29.8 Å². The molecule has 2 heteroatoms. The molecule has 1 nitrogen and oxygen atoms in total. The van der Waals surface area contributed by atoms with E-state index in [0.717, 1.165) is 18.8 Å². The fraction of sp³-hybridized carbons (Fsp3) is 0.500. The SMILES string of the molecule is ClCCCN1CCCc2ccccc21. The molecule has 1 aromatic rings. The van der Waals surface area contributed by atoms with Crippen molar-refractivity contribution in [1.29, 1.82) is 0 Å². The van der Waals surface area contributed by atoms with Gasteiger partial charge in [0.15, 0.2) is 0 Å². The molecule has 2 rings (SSSR count). The number of para-hydroxylation sites is 1. The molecule has 0 saturated heterocycles. The Morgan fingerprint density at radius 2 is 2.14 bits per heavy atom. The summed E-state index contributed by atoms with van der Waals surface area (Å²) < 4.78 is 0. The van der Waals surface area contributed by atoms with E-state index in [1.54, 1.807) is 0 Å². The maximum absolute atomic E-state index is 5.72. The monoisotopic (exact) mass is 209 g/mol. The number of benzene rings is 1. The van der Waals surface area contributed by atoms with Gasteiger partial charge in [-0.1, -0.05) is 18.2 Å². The minimum absolute atomic E-state index is 0.763. The van der Waals surface area contributed by atoms with E-state index < -0.39 is 0 Å². The van der Waals surface area contributed by atoms with Gasteiger partial charge >= 0.3 is 0 Å². The fourth-order valence-electron chi connectivity index (χ4n) is 2.09. The quantitative estimate of drug-likeness (QED) is 0.692. The smallest absolute Gasteiger partial charge is 0.0398 e. The number of anilines is 1. The maximum Gasteiger partial charge on any atom is 0.0398 e. The molecule has 0 aliphatic carbocycles. The lowest BCUT2D eigenvalue weighted by Crippen LogP contribution is -2.30. The van der Waals surface area contributed by atoms with E-state index in [9.17, 15) is 0 Å². The molecule has 14 heavy (non-hydrogen) atoms. The topological polar surface area (TPSA) is 3.24 Å². The number of halogens is 1. The highest BCUT2D eigenvalue weighted by Gasteiger charge is 2.14. The van der Waals surface area contributed by atoms with E-state index >= 15 is 0 Å². The van der Waals surface area contributed by atoms with Gasteiger partial charge in [-0.05, 0) is 30.9 Å². The van der Waals surface area contributed by atoms with E-state index in [1.165, 1.54) is 30.6 Å². The predicted octanol–water partition coefficient (Wildman–Crippen LogP) is 3.07. The van der Waals surface area contributed by atoms with Crippen LogP contribution in [0.2, 0.25) is 0 Å². The van der Waals surface area contributed by atoms with Gasteiger partial charge in [0.05, 0.1) is 0 Å². The number of nitrogens with zero attached hydrogens (tertiary/aromatic N) is 1. The average molecular weight is 210 g/mol. The molecule has 1 aliphatic heterocycles. The zero-order valence-corrected chi connectivity index (χ0v) is 9.13. The van der Waals surface area contributed by atoms with Gasteiger partial charge in [-0.3, -0.25) is 0 Å². The van der Waals surface area contributed by atoms with Gasteiger partial charge in [-0.2, -0.15) is 0 Å². The van der Waals surface area contributed by atoms with Crippen LogP contribution in [0.5, 0.6) is 0 Å². The summed E-state index contributed by atoms with van der Waals surface area (Å²) >= 11 is 5.72. The zero-order valence-electron chi connectivity index (χ0n) is 8.38. The first-order valence-corrected chi connectivity index (χ1v) is 5.84. The standard InChI is InChI=1S/C12H16ClN/c13-8-4-10-14-9-3-6-11-5-1-2-7-12(11)14/h1-2,5,7H,3-4,6,8-10H2. The molecule has 1 aliphatic rings. The van der Waals surface area contributed by atoms with Crippen LogP contribution in [-0.2, 0) is 6.42 Å². The zero-order chi connectivity index (χ0) is 9.80. The Balaban J connectivity index is 2.14. The Bertz CT molecular complexity index is 298. The van der Waals surface area contributed by atoms with Crippen LogP contribution < -0.4 is 4.90 Å². The lowest BCUT2D eigenvalue weighted by Gasteiger charge is -2.31. The minimum Gasteiger partial charge on any atom is -0.371 e. The van der Waals surface area contributed by atoms with Crippen LogP contribution in [0.4, 0.5) is 5.69 Å². The van der Waals surface area contributed by atoms with Crippen molar-refractivity contribution in [1.82, 2.24) is 0 Å². The van der Waals surface area contributed by atoms with Gasteiger partial charge in [0.1, 0.15) is 0 Å². The van der Waals surface area contributed by atoms with Crippen molar-refractivity contribution in [2.45, 2.75) is 19.3 Å². The van der Waals surface area contributed by atoms with Gasteiger partial charge in [-0.25, -0.2) is 0 Å². The molecule has 0 saturated carbocycles. The summed E-state index contributed by atoms with van der Waals surface area (Å²) in [7, 11) is 0. The first-order valence-electron chi connectivity index (χ1n) is 5.30. The Morgan fingerprint density at radius 1 is 1.29 bits per heavy atom. The molecule has 0 unspecified atom stereocenters. The molecule has 0 amide bonds. The lowest BCUT2D eigenvalue weighted by atomic mass is 10.0. The highest BCUT2D eigenvalue weighted by molar-refractivity contribution is 6.17. The van der Waals surface area contributed by atoms with Crippen molar-refractivity contribution in [2.75, 3.05) is 23.9 Å². The van der Waals surface area contributed by atoms with Gasteiger partial charge < -0.3 is 4.90 Å². The normalized spacial score (nSPS) is 15.4. The maximum atomic E-state index is 5.72. The Hall–Kier alpha value is -0.690. The van der Waals surface area contributed by atoms with Crippen LogP contribution in [0.25, 0.3) is 0 Å². The summed E-state index contributed by atoms with van der Waals surface area (Å²) in [5.41, 5.74) is 2.91. The van der Waals surface area contributed by atoms with Gasteiger partial charge in [-0.15, -0.1) is 11.6 Å². The number of hydrogen-bond acceptors (Lipinski definition) is 1. The van der Waals surface area contributed by atoms with E-state index in [1.807, 2.05) is 0 Å². The number of aryl methyl sites for hydroxylation is 1. The summed E-state index contributed by atoms with van der Waals surface area (Å²) in [4.78, 5) is 2.46. The summed E-state index contributed by atoms with van der Waals surface area (Å²) in [6, 6.07) is 8.71. The van der Waals surface area contributed by atoms with Crippen LogP contribution in [0.15, 0.2) is 24.3 Å². The molecule has 1 aromatic carbocycles. The first kappa shape index (κ1) is 9.85. The largest absolute Gasteiger partial charge is 0.371 e. The lowest BCUT2D eigenvalue weighted by molar-refractivity contribution is 0.682. The molecule has 0 fully saturated rings. The third-order valence-electron chi connectivity index (χ3n) is 2.77. The highest BCUT2D eigenvalue weighted by atomic mass is 35.5. The first-order chi connectivity index (χ1) is 6.92. The van der Waals surface area contributed by atoms with Gasteiger partial charge in [0.25, 0.3) is 0 Å². The average Bonchev–Trinajstić information content (AvgIpc) is 2.26. The van der Waals surface area contributed by atoms with Crippen molar-refractivity contribution in [3.8, 4) is 0 Å². The van der Waals surface area contributed by atoms with Crippen LogP contribution >= 0.6 is 11.6 Å². The van der Waals surface area contributed by atoms with Crippen molar-refractivity contribution >= 4 is 17.3 Å². The van der Waals surface area contributed by atoms with Crippen LogP contribution in [0, 0.1) is 0 Å². The molecule has 0 spiro atoms. The van der Waals surface area contributed by atoms with Crippen molar-refractivity contribution < 1.29 is 0 Å². The molecule has 76 valence electrons. The van der Waals surface area contributed by atoms with Gasteiger partial charge in [0.2, 0.25) is 0 Å². The second-order valence-corrected chi connectivity index (χ2v) is 4.14. The van der Waals surface area contributed by atoms with Crippen LogP contribution in [-0.4, -0.2) is 19.0 Å². The second-order valence-electron chi connectivity index (χ2n) is 3.76. The van der Waals surface area contributed by atoms with E-state index in [0.29, 0.717) is 0 Å². The predicted molar refractivity (Wildman–Crippen MR) is 62.3 cm³/mol. The number of alkyl halides is 1. The Labute approximate surface area is 90.7 Å². The Kier molecular flexibility index (Phi) is 3.30. The molecule has 0 radical (unpaired) electrons. The van der Waals surface area contributed by atoms with Crippen molar-refractivity contribution in [2.24, 2.45) is 0 Å². The number of fused-ring (bicyclic) bond motifs is 1. The van der Waals surface area contributed by atoms with Crippen molar-refractivity contribution in [3.63, 3.8) is 0 Å². The second kappa shape index (κ2) is 4.70. The third-order valence-corrected chi connectivity index (χ3v) is 3.04. The third kappa shape index (κ3) is 2.03. The molecule has 0 N–H and O–H groups in total. The van der Waals surface area contributed by atoms with E-state index in [4.69, 9.17) is 11.6 Å². The molecule has 0 atom stereocenters.